The molecule has 1 fully saturated rings. The highest BCUT2D eigenvalue weighted by Crippen LogP contribution is 2.24. The largest absolute Gasteiger partial charge is 0.395 e. The van der Waals surface area contributed by atoms with E-state index in [-0.39, 0.29) is 37.6 Å². The van der Waals surface area contributed by atoms with Gasteiger partial charge in [-0.2, -0.15) is 0 Å². The highest BCUT2D eigenvalue weighted by molar-refractivity contribution is 5.97. The standard InChI is InChI=1S/C22H27N3O3/c1-16-8-9-20(12-17(16)2)25-15-19(13-21(25)27)23-22(28)24(10-11-26)14-18-6-4-3-5-7-18/h3-9,12,19,26H,10-11,13-15H2,1-2H3,(H,23,28)/t19-/m0/s1. The summed E-state index contributed by atoms with van der Waals surface area (Å²) in [5.74, 6) is 0.00493. The van der Waals surface area contributed by atoms with E-state index in [4.69, 9.17) is 0 Å². The fourth-order valence-electron chi connectivity index (χ4n) is 3.39. The maximum Gasteiger partial charge on any atom is 0.318 e. The second kappa shape index (κ2) is 8.89. The van der Waals surface area contributed by atoms with E-state index in [0.717, 1.165) is 16.8 Å². The molecule has 1 heterocycles. The number of nitrogens with zero attached hydrogens (tertiary/aromatic N) is 2. The number of carbonyl (C=O) groups excluding carboxylic acids is 2. The zero-order chi connectivity index (χ0) is 20.1. The van der Waals surface area contributed by atoms with E-state index >= 15 is 0 Å². The molecule has 28 heavy (non-hydrogen) atoms. The Labute approximate surface area is 165 Å². The number of rotatable bonds is 6. The molecular weight excluding hydrogens is 354 g/mol. The maximum atomic E-state index is 12.7. The summed E-state index contributed by atoms with van der Waals surface area (Å²) < 4.78 is 0. The average Bonchev–Trinajstić information content (AvgIpc) is 3.04. The average molecular weight is 381 g/mol. The van der Waals surface area contributed by atoms with Gasteiger partial charge in [-0.05, 0) is 42.7 Å². The van der Waals surface area contributed by atoms with Crippen LogP contribution in [0.2, 0.25) is 0 Å². The van der Waals surface area contributed by atoms with Crippen molar-refractivity contribution in [1.82, 2.24) is 10.2 Å². The van der Waals surface area contributed by atoms with Crippen LogP contribution < -0.4 is 10.2 Å². The number of hydrogen-bond donors (Lipinski definition) is 2. The van der Waals surface area contributed by atoms with Gasteiger partial charge in [0.25, 0.3) is 0 Å². The van der Waals surface area contributed by atoms with Crippen molar-refractivity contribution < 1.29 is 14.7 Å². The molecule has 3 rings (SSSR count). The van der Waals surface area contributed by atoms with Gasteiger partial charge in [-0.15, -0.1) is 0 Å². The predicted octanol–water partition coefficient (Wildman–Crippen LogP) is 2.61. The van der Waals surface area contributed by atoms with Gasteiger partial charge in [0.05, 0.1) is 12.6 Å². The zero-order valence-electron chi connectivity index (χ0n) is 16.4. The van der Waals surface area contributed by atoms with Gasteiger partial charge in [0.15, 0.2) is 0 Å². The first kappa shape index (κ1) is 19.9. The lowest BCUT2D eigenvalue weighted by Gasteiger charge is -2.24. The number of aliphatic hydroxyl groups is 1. The molecule has 0 radical (unpaired) electrons. The lowest BCUT2D eigenvalue weighted by atomic mass is 10.1. The normalized spacial score (nSPS) is 16.3. The Hall–Kier alpha value is -2.86. The van der Waals surface area contributed by atoms with Crippen molar-refractivity contribution in [2.45, 2.75) is 32.9 Å². The molecule has 2 aromatic rings. The lowest BCUT2D eigenvalue weighted by Crippen LogP contribution is -2.46. The van der Waals surface area contributed by atoms with Crippen LogP contribution in [0.1, 0.15) is 23.1 Å². The van der Waals surface area contributed by atoms with Crippen LogP contribution in [0.5, 0.6) is 0 Å². The van der Waals surface area contributed by atoms with Gasteiger partial charge >= 0.3 is 6.03 Å². The Morgan fingerprint density at radius 1 is 1.18 bits per heavy atom. The third kappa shape index (κ3) is 4.70. The van der Waals surface area contributed by atoms with Crippen molar-refractivity contribution in [3.63, 3.8) is 0 Å². The molecule has 148 valence electrons. The van der Waals surface area contributed by atoms with Crippen molar-refractivity contribution in [2.75, 3.05) is 24.6 Å². The van der Waals surface area contributed by atoms with E-state index in [1.165, 1.54) is 5.56 Å². The molecule has 1 saturated heterocycles. The SMILES string of the molecule is Cc1ccc(N2C[C@@H](NC(=O)N(CCO)Cc3ccccc3)CC2=O)cc1C. The minimum Gasteiger partial charge on any atom is -0.395 e. The Bertz CT molecular complexity index is 838. The first-order chi connectivity index (χ1) is 13.5. The van der Waals surface area contributed by atoms with Gasteiger partial charge in [-0.1, -0.05) is 36.4 Å². The summed E-state index contributed by atoms with van der Waals surface area (Å²) in [6.45, 7) is 5.05. The van der Waals surface area contributed by atoms with Gasteiger partial charge in [0.1, 0.15) is 0 Å². The molecule has 0 aromatic heterocycles. The van der Waals surface area contributed by atoms with E-state index in [1.807, 2.05) is 62.4 Å². The summed E-state index contributed by atoms with van der Waals surface area (Å²) in [7, 11) is 0. The van der Waals surface area contributed by atoms with Crippen LogP contribution in [0, 0.1) is 13.8 Å². The molecule has 3 amide bonds. The summed E-state index contributed by atoms with van der Waals surface area (Å²) >= 11 is 0. The van der Waals surface area contributed by atoms with E-state index in [2.05, 4.69) is 5.32 Å². The Balaban J connectivity index is 1.64. The molecular formula is C22H27N3O3. The number of amides is 3. The van der Waals surface area contributed by atoms with E-state index in [0.29, 0.717) is 13.1 Å². The fourth-order valence-corrected chi connectivity index (χ4v) is 3.39. The number of carbonyl (C=O) groups is 2. The van der Waals surface area contributed by atoms with Gasteiger partial charge in [0.2, 0.25) is 5.91 Å². The molecule has 1 aliphatic rings. The van der Waals surface area contributed by atoms with Crippen molar-refractivity contribution in [2.24, 2.45) is 0 Å². The summed E-state index contributed by atoms with van der Waals surface area (Å²) in [4.78, 5) is 28.5. The molecule has 6 heteroatoms. The number of urea groups is 1. The molecule has 0 spiro atoms. The van der Waals surface area contributed by atoms with Crippen molar-refractivity contribution in [3.05, 3.63) is 65.2 Å². The van der Waals surface area contributed by atoms with Crippen LogP contribution in [0.15, 0.2) is 48.5 Å². The molecule has 2 aromatic carbocycles. The van der Waals surface area contributed by atoms with E-state index in [1.54, 1.807) is 9.80 Å². The van der Waals surface area contributed by atoms with Crippen molar-refractivity contribution in [1.29, 1.82) is 0 Å². The molecule has 0 aliphatic carbocycles. The number of aliphatic hydroxyl groups excluding tert-OH is 1. The van der Waals surface area contributed by atoms with Gasteiger partial charge < -0.3 is 20.2 Å². The smallest absolute Gasteiger partial charge is 0.318 e. The minimum atomic E-state index is -0.266. The molecule has 0 bridgehead atoms. The number of benzene rings is 2. The van der Waals surface area contributed by atoms with Gasteiger partial charge in [0, 0.05) is 31.7 Å². The quantitative estimate of drug-likeness (QED) is 0.808. The fraction of sp³-hybridized carbons (Fsp3) is 0.364. The molecule has 0 saturated carbocycles. The maximum absolute atomic E-state index is 12.7. The number of aryl methyl sites for hydroxylation is 2. The molecule has 0 unspecified atom stereocenters. The zero-order valence-corrected chi connectivity index (χ0v) is 16.4. The van der Waals surface area contributed by atoms with Crippen LogP contribution >= 0.6 is 0 Å². The van der Waals surface area contributed by atoms with Crippen molar-refractivity contribution >= 4 is 17.6 Å². The Morgan fingerprint density at radius 3 is 2.61 bits per heavy atom. The topological polar surface area (TPSA) is 72.9 Å². The van der Waals surface area contributed by atoms with Crippen LogP contribution in [-0.2, 0) is 11.3 Å². The van der Waals surface area contributed by atoms with E-state index < -0.39 is 0 Å². The molecule has 1 atom stereocenters. The monoisotopic (exact) mass is 381 g/mol. The van der Waals surface area contributed by atoms with Crippen LogP contribution in [0.4, 0.5) is 10.5 Å². The summed E-state index contributed by atoms with van der Waals surface area (Å²) in [5, 5.41) is 12.3. The Kier molecular flexibility index (Phi) is 6.31. The third-order valence-electron chi connectivity index (χ3n) is 5.13. The molecule has 1 aliphatic heterocycles. The van der Waals surface area contributed by atoms with Gasteiger partial charge in [-0.3, -0.25) is 4.79 Å². The highest BCUT2D eigenvalue weighted by atomic mass is 16.3. The summed E-state index contributed by atoms with van der Waals surface area (Å²) in [6, 6.07) is 15.1. The first-order valence-electron chi connectivity index (χ1n) is 9.55. The molecule has 2 N–H and O–H groups in total. The number of hydrogen-bond acceptors (Lipinski definition) is 3. The summed E-state index contributed by atoms with van der Waals surface area (Å²) in [6.07, 6.45) is 0.275. The van der Waals surface area contributed by atoms with Crippen LogP contribution in [0.3, 0.4) is 0 Å². The number of nitrogens with one attached hydrogen (secondary N) is 1. The lowest BCUT2D eigenvalue weighted by molar-refractivity contribution is -0.117. The predicted molar refractivity (Wildman–Crippen MR) is 109 cm³/mol. The second-order valence-electron chi connectivity index (χ2n) is 7.25. The third-order valence-corrected chi connectivity index (χ3v) is 5.13. The van der Waals surface area contributed by atoms with E-state index in [9.17, 15) is 14.7 Å². The van der Waals surface area contributed by atoms with Crippen molar-refractivity contribution in [3.8, 4) is 0 Å². The summed E-state index contributed by atoms with van der Waals surface area (Å²) in [5.41, 5.74) is 4.17. The Morgan fingerprint density at radius 2 is 1.93 bits per heavy atom. The minimum absolute atomic E-state index is 0.00493. The van der Waals surface area contributed by atoms with Crippen LogP contribution in [-0.4, -0.2) is 47.7 Å². The first-order valence-corrected chi connectivity index (χ1v) is 9.55. The highest BCUT2D eigenvalue weighted by Gasteiger charge is 2.32. The number of anilines is 1. The second-order valence-corrected chi connectivity index (χ2v) is 7.25. The van der Waals surface area contributed by atoms with Gasteiger partial charge in [-0.25, -0.2) is 4.79 Å². The van der Waals surface area contributed by atoms with Crippen LogP contribution in [0.25, 0.3) is 0 Å². The molecule has 6 nitrogen and oxygen atoms in total.